The van der Waals surface area contributed by atoms with E-state index in [0.29, 0.717) is 18.9 Å². The lowest BCUT2D eigenvalue weighted by Gasteiger charge is -2.17. The van der Waals surface area contributed by atoms with Gasteiger partial charge in [0.1, 0.15) is 0 Å². The molecule has 1 amide bonds. The Kier molecular flexibility index (Phi) is 6.03. The lowest BCUT2D eigenvalue weighted by atomic mass is 9.94. The fourth-order valence-electron chi connectivity index (χ4n) is 2.35. The number of benzene rings is 1. The van der Waals surface area contributed by atoms with Gasteiger partial charge in [-0.2, -0.15) is 0 Å². The van der Waals surface area contributed by atoms with Crippen LogP contribution in [0.1, 0.15) is 37.8 Å². The molecule has 0 radical (unpaired) electrons. The van der Waals surface area contributed by atoms with Gasteiger partial charge in [0, 0.05) is 12.1 Å². The number of aryl methyl sites for hydroxylation is 2. The molecule has 0 unspecified atom stereocenters. The average molecular weight is 262 g/mol. The molecule has 0 aliphatic heterocycles. The Labute approximate surface area is 116 Å². The molecule has 3 heteroatoms. The molecule has 0 saturated heterocycles. The average Bonchev–Trinajstić information content (AvgIpc) is 2.31. The molecule has 3 nitrogen and oxygen atoms in total. The minimum absolute atomic E-state index is 0.0584. The maximum absolute atomic E-state index is 12.0. The Bertz CT molecular complexity index is 427. The van der Waals surface area contributed by atoms with Gasteiger partial charge in [-0.3, -0.25) is 4.79 Å². The number of carbonyl (C=O) groups is 1. The van der Waals surface area contributed by atoms with Crippen LogP contribution in [-0.2, 0) is 4.79 Å². The zero-order valence-corrected chi connectivity index (χ0v) is 12.5. The zero-order chi connectivity index (χ0) is 14.4. The maximum atomic E-state index is 12.0. The van der Waals surface area contributed by atoms with Crippen molar-refractivity contribution in [2.24, 2.45) is 17.6 Å². The molecule has 1 aromatic rings. The first-order valence-corrected chi connectivity index (χ1v) is 6.99. The normalized spacial score (nSPS) is 12.5. The number of hydrogen-bond donors (Lipinski definition) is 2. The highest BCUT2D eigenvalue weighted by atomic mass is 16.1. The van der Waals surface area contributed by atoms with Crippen LogP contribution in [0.2, 0.25) is 0 Å². The minimum atomic E-state index is 0.0584. The second-order valence-corrected chi connectivity index (χ2v) is 5.80. The summed E-state index contributed by atoms with van der Waals surface area (Å²) < 4.78 is 0. The van der Waals surface area contributed by atoms with Gasteiger partial charge in [0.05, 0.1) is 0 Å². The number of hydrogen-bond acceptors (Lipinski definition) is 2. The Balaban J connectivity index is 2.59. The van der Waals surface area contributed by atoms with Crippen molar-refractivity contribution in [2.45, 2.75) is 40.5 Å². The second kappa shape index (κ2) is 7.29. The van der Waals surface area contributed by atoms with Crippen LogP contribution in [0.3, 0.4) is 0 Å². The van der Waals surface area contributed by atoms with E-state index in [2.05, 4.69) is 25.2 Å². The van der Waals surface area contributed by atoms with Crippen LogP contribution >= 0.6 is 0 Å². The van der Waals surface area contributed by atoms with Gasteiger partial charge < -0.3 is 11.1 Å². The topological polar surface area (TPSA) is 55.1 Å². The van der Waals surface area contributed by atoms with Gasteiger partial charge in [-0.25, -0.2) is 0 Å². The van der Waals surface area contributed by atoms with Gasteiger partial charge in [-0.15, -0.1) is 0 Å². The van der Waals surface area contributed by atoms with Crippen LogP contribution in [0.15, 0.2) is 18.2 Å². The molecule has 0 heterocycles. The van der Waals surface area contributed by atoms with Crippen LogP contribution in [0.4, 0.5) is 5.69 Å². The van der Waals surface area contributed by atoms with Crippen molar-refractivity contribution < 1.29 is 4.79 Å². The smallest absolute Gasteiger partial charge is 0.224 e. The van der Waals surface area contributed by atoms with Crippen molar-refractivity contribution in [1.82, 2.24) is 0 Å². The Morgan fingerprint density at radius 1 is 1.32 bits per heavy atom. The number of nitrogens with one attached hydrogen (secondary N) is 1. The first-order valence-electron chi connectivity index (χ1n) is 6.99. The summed E-state index contributed by atoms with van der Waals surface area (Å²) in [6, 6.07) is 6.05. The van der Waals surface area contributed by atoms with Gasteiger partial charge in [0.15, 0.2) is 0 Å². The summed E-state index contributed by atoms with van der Waals surface area (Å²) in [7, 11) is 0. The molecule has 3 N–H and O–H groups in total. The molecule has 0 aliphatic rings. The van der Waals surface area contributed by atoms with Crippen molar-refractivity contribution in [3.63, 3.8) is 0 Å². The fraction of sp³-hybridized carbons (Fsp3) is 0.562. The van der Waals surface area contributed by atoms with Gasteiger partial charge in [-0.1, -0.05) is 31.5 Å². The molecule has 0 saturated carbocycles. The number of nitrogens with two attached hydrogens (primary N) is 1. The van der Waals surface area contributed by atoms with E-state index in [4.69, 9.17) is 5.73 Å². The van der Waals surface area contributed by atoms with E-state index in [9.17, 15) is 4.79 Å². The Hall–Kier alpha value is -1.35. The molecule has 0 aromatic heterocycles. The van der Waals surface area contributed by atoms with E-state index >= 15 is 0 Å². The molecule has 1 atom stereocenters. The van der Waals surface area contributed by atoms with Crippen molar-refractivity contribution in [3.8, 4) is 0 Å². The summed E-state index contributed by atoms with van der Waals surface area (Å²) in [5.41, 5.74) is 8.93. The Morgan fingerprint density at radius 2 is 2.00 bits per heavy atom. The van der Waals surface area contributed by atoms with E-state index in [0.717, 1.165) is 17.7 Å². The third-order valence-corrected chi connectivity index (χ3v) is 3.27. The van der Waals surface area contributed by atoms with E-state index in [1.54, 1.807) is 0 Å². The summed E-state index contributed by atoms with van der Waals surface area (Å²) >= 11 is 0. The van der Waals surface area contributed by atoms with Crippen LogP contribution in [0.25, 0.3) is 0 Å². The molecular weight excluding hydrogens is 236 g/mol. The van der Waals surface area contributed by atoms with Crippen molar-refractivity contribution in [1.29, 1.82) is 0 Å². The van der Waals surface area contributed by atoms with Crippen molar-refractivity contribution in [3.05, 3.63) is 29.3 Å². The SMILES string of the molecule is Cc1ccc(NC(=O)C[C@@H](CN)CC(C)C)c(C)c1. The quantitative estimate of drug-likeness (QED) is 0.826. The Morgan fingerprint density at radius 3 is 2.53 bits per heavy atom. The molecule has 1 rings (SSSR count). The zero-order valence-electron chi connectivity index (χ0n) is 12.5. The summed E-state index contributed by atoms with van der Waals surface area (Å²) in [5, 5.41) is 2.98. The molecular formula is C16H26N2O. The highest BCUT2D eigenvalue weighted by Crippen LogP contribution is 2.19. The lowest BCUT2D eigenvalue weighted by molar-refractivity contribution is -0.117. The molecule has 1 aromatic carbocycles. The number of anilines is 1. The first kappa shape index (κ1) is 15.7. The van der Waals surface area contributed by atoms with Crippen molar-refractivity contribution in [2.75, 3.05) is 11.9 Å². The molecule has 19 heavy (non-hydrogen) atoms. The largest absolute Gasteiger partial charge is 0.330 e. The third kappa shape index (κ3) is 5.43. The van der Waals surface area contributed by atoms with Gasteiger partial charge >= 0.3 is 0 Å². The summed E-state index contributed by atoms with van der Waals surface area (Å²) in [6.07, 6.45) is 1.50. The fourth-order valence-corrected chi connectivity index (χ4v) is 2.35. The van der Waals surface area contributed by atoms with E-state index in [-0.39, 0.29) is 11.8 Å². The monoisotopic (exact) mass is 262 g/mol. The maximum Gasteiger partial charge on any atom is 0.224 e. The standard InChI is InChI=1S/C16H26N2O/c1-11(2)7-14(10-17)9-16(19)18-15-6-5-12(3)8-13(15)4/h5-6,8,11,14H,7,9-10,17H2,1-4H3,(H,18,19)/t14-/m0/s1. The van der Waals surface area contributed by atoms with Gasteiger partial charge in [0.25, 0.3) is 0 Å². The van der Waals surface area contributed by atoms with E-state index in [1.807, 2.05) is 26.0 Å². The number of carbonyl (C=O) groups excluding carboxylic acids is 1. The van der Waals surface area contributed by atoms with Crippen molar-refractivity contribution >= 4 is 11.6 Å². The molecule has 0 bridgehead atoms. The molecule has 0 fully saturated rings. The number of rotatable bonds is 6. The third-order valence-electron chi connectivity index (χ3n) is 3.27. The second-order valence-electron chi connectivity index (χ2n) is 5.80. The summed E-state index contributed by atoms with van der Waals surface area (Å²) in [6.45, 7) is 8.94. The molecule has 0 aliphatic carbocycles. The van der Waals surface area contributed by atoms with Gasteiger partial charge in [-0.05, 0) is 50.3 Å². The first-order chi connectivity index (χ1) is 8.92. The van der Waals surface area contributed by atoms with E-state index < -0.39 is 0 Å². The summed E-state index contributed by atoms with van der Waals surface area (Å²) in [4.78, 5) is 12.0. The van der Waals surface area contributed by atoms with Crippen LogP contribution < -0.4 is 11.1 Å². The van der Waals surface area contributed by atoms with E-state index in [1.165, 1.54) is 5.56 Å². The highest BCUT2D eigenvalue weighted by molar-refractivity contribution is 5.91. The summed E-state index contributed by atoms with van der Waals surface area (Å²) in [5.74, 6) is 0.899. The predicted molar refractivity (Wildman–Crippen MR) is 81.2 cm³/mol. The van der Waals surface area contributed by atoms with Crippen LogP contribution in [-0.4, -0.2) is 12.5 Å². The predicted octanol–water partition coefficient (Wildman–Crippen LogP) is 3.25. The lowest BCUT2D eigenvalue weighted by Crippen LogP contribution is -2.23. The molecule has 0 spiro atoms. The van der Waals surface area contributed by atoms with Crippen LogP contribution in [0.5, 0.6) is 0 Å². The van der Waals surface area contributed by atoms with Crippen LogP contribution in [0, 0.1) is 25.7 Å². The number of amides is 1. The molecule has 106 valence electrons. The highest BCUT2D eigenvalue weighted by Gasteiger charge is 2.14. The van der Waals surface area contributed by atoms with Gasteiger partial charge in [0.2, 0.25) is 5.91 Å². The minimum Gasteiger partial charge on any atom is -0.330 e.